The molecule has 2 nitrogen and oxygen atoms in total. The number of carbonyl (C=O) groups excluding carboxylic acids is 2. The van der Waals surface area contributed by atoms with Gasteiger partial charge in [-0.3, -0.25) is 9.59 Å². The molecule has 0 spiro atoms. The molecule has 0 saturated heterocycles. The van der Waals surface area contributed by atoms with Crippen LogP contribution < -0.4 is 0 Å². The van der Waals surface area contributed by atoms with Crippen molar-refractivity contribution in [3.05, 3.63) is 0 Å². The van der Waals surface area contributed by atoms with E-state index in [1.807, 2.05) is 0 Å². The van der Waals surface area contributed by atoms with Gasteiger partial charge in [0.25, 0.3) is 0 Å². The molecule has 5 heteroatoms. The fourth-order valence-electron chi connectivity index (χ4n) is 0.197. The Morgan fingerprint density at radius 2 is 1.22 bits per heavy atom. The number of hydrogen-bond donors (Lipinski definition) is 0. The van der Waals surface area contributed by atoms with Gasteiger partial charge in [0.15, 0.2) is 17.4 Å². The average molecular weight is 185 g/mol. The van der Waals surface area contributed by atoms with E-state index in [1.165, 1.54) is 0 Å². The second kappa shape index (κ2) is 6.57. The van der Waals surface area contributed by atoms with Crippen LogP contribution in [0.15, 0.2) is 0 Å². The zero-order valence-corrected chi connectivity index (χ0v) is 5.50. The van der Waals surface area contributed by atoms with Crippen molar-refractivity contribution in [3.63, 3.8) is 0 Å². The van der Waals surface area contributed by atoms with Gasteiger partial charge in [0.05, 0.1) is 0 Å². The van der Waals surface area contributed by atoms with Crippen molar-refractivity contribution in [2.45, 2.75) is 12.8 Å². The predicted octanol–water partition coefficient (Wildman–Crippen LogP) is 0.113. The van der Waals surface area contributed by atoms with Gasteiger partial charge in [0.1, 0.15) is 0 Å². The Hall–Kier alpha value is 0.452. The van der Waals surface area contributed by atoms with Gasteiger partial charge in [-0.2, -0.15) is 0 Å². The highest BCUT2D eigenvalue weighted by Crippen LogP contribution is 1.97. The van der Waals surface area contributed by atoms with Crippen molar-refractivity contribution in [1.82, 2.24) is 0 Å². The maximum atomic E-state index is 9.90. The fourth-order valence-corrected chi connectivity index (χ4v) is 0.386. The first-order valence-corrected chi connectivity index (χ1v) is 2.75. The van der Waals surface area contributed by atoms with Gasteiger partial charge in [-0.05, 0) is 23.2 Å². The molecule has 0 aliphatic heterocycles. The van der Waals surface area contributed by atoms with E-state index in [0.717, 1.165) is 0 Å². The van der Waals surface area contributed by atoms with Gasteiger partial charge in [0, 0.05) is 12.8 Å². The summed E-state index contributed by atoms with van der Waals surface area (Å²) < 4.78 is 0. The van der Waals surface area contributed by atoms with Crippen LogP contribution in [0, 0.1) is 0 Å². The quantitative estimate of drug-likeness (QED) is 0.462. The molecule has 0 aliphatic carbocycles. The van der Waals surface area contributed by atoms with Crippen molar-refractivity contribution in [1.29, 1.82) is 0 Å². The minimum atomic E-state index is -0.529. The average Bonchev–Trinajstić information content (AvgIpc) is 1.61. The molecule has 0 unspecified atom stereocenters. The second-order valence-corrected chi connectivity index (χ2v) is 2.05. The highest BCUT2D eigenvalue weighted by atomic mass is 35.5. The molecule has 0 fully saturated rings. The smallest absolute Gasteiger partial charge is 0.222 e. The van der Waals surface area contributed by atoms with E-state index in [9.17, 15) is 9.59 Å². The Kier molecular flexibility index (Phi) is 8.88. The molecule has 0 heterocycles. The van der Waals surface area contributed by atoms with Crippen molar-refractivity contribution in [2.24, 2.45) is 0 Å². The van der Waals surface area contributed by atoms with Gasteiger partial charge < -0.3 is 0 Å². The molecule has 0 radical (unpaired) electrons. The lowest BCUT2D eigenvalue weighted by atomic mass is 10.4. The van der Waals surface area contributed by atoms with Gasteiger partial charge in [-0.25, -0.2) is 0 Å². The highest BCUT2D eigenvalue weighted by Gasteiger charge is 1.99. The molecule has 9 heavy (non-hydrogen) atoms. The van der Waals surface area contributed by atoms with E-state index in [2.05, 4.69) is 0 Å². The van der Waals surface area contributed by atoms with E-state index in [0.29, 0.717) is 0 Å². The van der Waals surface area contributed by atoms with E-state index < -0.39 is 10.5 Å². The summed E-state index contributed by atoms with van der Waals surface area (Å²) in [7, 11) is 0. The Morgan fingerprint density at radius 1 is 1.00 bits per heavy atom. The van der Waals surface area contributed by atoms with Crippen molar-refractivity contribution in [2.75, 3.05) is 0 Å². The third-order valence-corrected chi connectivity index (χ3v) is 0.896. The number of carbonyl (C=O) groups is 2. The van der Waals surface area contributed by atoms with Crippen molar-refractivity contribution < 1.29 is 9.59 Å². The molecule has 0 amide bonds. The standard InChI is InChI=1S/C4H4Cl2O2.Al.3H/c5-3(7)1-2-4(6)8;;;;/h1-2H2;;;;. The summed E-state index contributed by atoms with van der Waals surface area (Å²) in [5.74, 6) is 0. The van der Waals surface area contributed by atoms with E-state index in [1.54, 1.807) is 0 Å². The summed E-state index contributed by atoms with van der Waals surface area (Å²) in [6, 6.07) is 0. The van der Waals surface area contributed by atoms with Crippen LogP contribution in [0.4, 0.5) is 0 Å². The highest BCUT2D eigenvalue weighted by molar-refractivity contribution is 6.65. The van der Waals surface area contributed by atoms with Gasteiger partial charge in [-0.1, -0.05) is 0 Å². The predicted molar refractivity (Wildman–Crippen MR) is 40.9 cm³/mol. The van der Waals surface area contributed by atoms with Crippen LogP contribution in [0.1, 0.15) is 12.8 Å². The fraction of sp³-hybridized carbons (Fsp3) is 0.500. The molecule has 52 valence electrons. The molecule has 0 saturated carbocycles. The van der Waals surface area contributed by atoms with E-state index in [-0.39, 0.29) is 30.2 Å². The summed E-state index contributed by atoms with van der Waals surface area (Å²) in [4.78, 5) is 19.8. The summed E-state index contributed by atoms with van der Waals surface area (Å²) in [5.41, 5.74) is 0. The Morgan fingerprint density at radius 3 is 1.33 bits per heavy atom. The van der Waals surface area contributed by atoms with E-state index in [4.69, 9.17) is 23.2 Å². The molecule has 0 aromatic rings. The third-order valence-electron chi connectivity index (χ3n) is 0.518. The molecular formula is C4H7AlCl2O2. The third kappa shape index (κ3) is 11.8. The Balaban J connectivity index is 0. The van der Waals surface area contributed by atoms with Crippen LogP contribution in [0.3, 0.4) is 0 Å². The molecule has 0 aromatic heterocycles. The molecule has 0 aliphatic rings. The first-order valence-electron chi connectivity index (χ1n) is 1.99. The molecule has 0 bridgehead atoms. The molecule has 0 N–H and O–H groups in total. The van der Waals surface area contributed by atoms with Gasteiger partial charge >= 0.3 is 0 Å². The number of rotatable bonds is 3. The van der Waals surface area contributed by atoms with Crippen LogP contribution in [0.2, 0.25) is 0 Å². The lowest BCUT2D eigenvalue weighted by molar-refractivity contribution is -0.116. The molecule has 0 rings (SSSR count). The van der Waals surface area contributed by atoms with Gasteiger partial charge in [-0.15, -0.1) is 0 Å². The number of hydrogen-bond acceptors (Lipinski definition) is 2. The Bertz CT molecular complexity index is 101. The normalized spacial score (nSPS) is 7.78. The molecule has 0 atom stereocenters. The minimum Gasteiger partial charge on any atom is -0.281 e. The summed E-state index contributed by atoms with van der Waals surface area (Å²) in [6.07, 6.45) is 0.0633. The molecule has 0 aromatic carbocycles. The monoisotopic (exact) mass is 184 g/mol. The lowest BCUT2D eigenvalue weighted by Gasteiger charge is -1.83. The van der Waals surface area contributed by atoms with Crippen molar-refractivity contribution >= 4 is 51.0 Å². The van der Waals surface area contributed by atoms with Crippen molar-refractivity contribution in [3.8, 4) is 0 Å². The van der Waals surface area contributed by atoms with E-state index >= 15 is 0 Å². The topological polar surface area (TPSA) is 34.1 Å². The second-order valence-electron chi connectivity index (χ2n) is 1.21. The van der Waals surface area contributed by atoms with Gasteiger partial charge in [0.2, 0.25) is 10.5 Å². The van der Waals surface area contributed by atoms with Crippen LogP contribution >= 0.6 is 23.2 Å². The Labute approximate surface area is 73.6 Å². The summed E-state index contributed by atoms with van der Waals surface area (Å²) in [6.45, 7) is 0. The zero-order valence-electron chi connectivity index (χ0n) is 3.99. The first kappa shape index (κ1) is 12.2. The minimum absolute atomic E-state index is 0. The summed E-state index contributed by atoms with van der Waals surface area (Å²) in [5, 5.41) is -1.06. The van der Waals surface area contributed by atoms with Crippen LogP contribution in [-0.4, -0.2) is 27.8 Å². The summed E-state index contributed by atoms with van der Waals surface area (Å²) >= 11 is 9.74. The first-order chi connectivity index (χ1) is 3.63. The zero-order chi connectivity index (χ0) is 6.57. The maximum absolute atomic E-state index is 9.90. The maximum Gasteiger partial charge on any atom is 0.222 e. The van der Waals surface area contributed by atoms with Crippen LogP contribution in [-0.2, 0) is 9.59 Å². The van der Waals surface area contributed by atoms with Crippen LogP contribution in [0.25, 0.3) is 0 Å². The van der Waals surface area contributed by atoms with Crippen LogP contribution in [0.5, 0.6) is 0 Å². The largest absolute Gasteiger partial charge is 0.281 e. The number of halogens is 2. The SMILES string of the molecule is O=C(Cl)CCC(=O)Cl.[AlH3]. The molecular weight excluding hydrogens is 178 g/mol. The lowest BCUT2D eigenvalue weighted by Crippen LogP contribution is -1.90.